The van der Waals surface area contributed by atoms with Gasteiger partial charge in [-0.05, 0) is 78.7 Å². The third kappa shape index (κ3) is 5.46. The number of esters is 2. The maximum Gasteiger partial charge on any atom is 0.343 e. The fourth-order valence-corrected chi connectivity index (χ4v) is 3.20. The van der Waals surface area contributed by atoms with E-state index in [1.54, 1.807) is 60.7 Å². The first-order valence-corrected chi connectivity index (χ1v) is 10.4. The van der Waals surface area contributed by atoms with E-state index >= 15 is 0 Å². The highest BCUT2D eigenvalue weighted by Gasteiger charge is 2.10. The van der Waals surface area contributed by atoms with E-state index in [2.05, 4.69) is 35.9 Å². The number of hydrogen-bond acceptors (Lipinski definition) is 5. The van der Waals surface area contributed by atoms with Gasteiger partial charge in [-0.25, -0.2) is 9.59 Å². The van der Waals surface area contributed by atoms with E-state index in [-0.39, 0.29) is 0 Å². The maximum atomic E-state index is 12.5. The molecule has 0 atom stereocenters. The Hall–Kier alpha value is -4.38. The van der Waals surface area contributed by atoms with Crippen molar-refractivity contribution in [2.24, 2.45) is 0 Å². The van der Waals surface area contributed by atoms with Gasteiger partial charge in [-0.2, -0.15) is 0 Å². The number of ether oxygens (including phenoxy) is 3. The van der Waals surface area contributed by atoms with Crippen LogP contribution in [0.25, 0.3) is 11.1 Å². The van der Waals surface area contributed by atoms with Gasteiger partial charge in [-0.1, -0.05) is 42.0 Å². The van der Waals surface area contributed by atoms with Crippen LogP contribution in [0.2, 0.25) is 0 Å². The summed E-state index contributed by atoms with van der Waals surface area (Å²) in [4.78, 5) is 24.0. The normalized spacial score (nSPS) is 10.4. The molecular formula is C28H22O5. The van der Waals surface area contributed by atoms with E-state index in [4.69, 9.17) is 9.47 Å². The Kier molecular flexibility index (Phi) is 6.51. The molecule has 4 aromatic carbocycles. The molecule has 0 N–H and O–H groups in total. The molecule has 0 saturated carbocycles. The number of carbonyl (C=O) groups excluding carboxylic acids is 2. The molecule has 5 heteroatoms. The number of aryl methyl sites for hydroxylation is 1. The van der Waals surface area contributed by atoms with Crippen LogP contribution in [0.15, 0.2) is 97.1 Å². The number of methoxy groups -OCH3 is 1. The second-order valence-electron chi connectivity index (χ2n) is 7.42. The Labute approximate surface area is 192 Å². The van der Waals surface area contributed by atoms with Crippen molar-refractivity contribution in [2.45, 2.75) is 6.92 Å². The SMILES string of the molecule is COC(=O)c1ccc(Oc2ccc(C(=O)Oc3ccc(-c4ccc(C)cc4)cc3)cc2)cc1. The molecule has 164 valence electrons. The summed E-state index contributed by atoms with van der Waals surface area (Å²) in [5.74, 6) is 0.731. The average Bonchev–Trinajstić information content (AvgIpc) is 2.85. The van der Waals surface area contributed by atoms with E-state index in [0.717, 1.165) is 11.1 Å². The summed E-state index contributed by atoms with van der Waals surface area (Å²) in [5.41, 5.74) is 4.21. The van der Waals surface area contributed by atoms with Crippen molar-refractivity contribution < 1.29 is 23.8 Å². The minimum absolute atomic E-state index is 0.408. The molecule has 0 aromatic heterocycles. The fourth-order valence-electron chi connectivity index (χ4n) is 3.20. The Bertz CT molecular complexity index is 1240. The van der Waals surface area contributed by atoms with E-state index in [0.29, 0.717) is 28.4 Å². The molecule has 0 saturated heterocycles. The summed E-state index contributed by atoms with van der Waals surface area (Å²) < 4.78 is 15.9. The molecule has 0 radical (unpaired) electrons. The molecule has 4 rings (SSSR count). The summed E-state index contributed by atoms with van der Waals surface area (Å²) in [6, 6.07) is 28.9. The van der Waals surface area contributed by atoms with Crippen LogP contribution in [0.1, 0.15) is 26.3 Å². The summed E-state index contributed by atoms with van der Waals surface area (Å²) in [6.45, 7) is 2.05. The van der Waals surface area contributed by atoms with Crippen molar-refractivity contribution in [3.63, 3.8) is 0 Å². The maximum absolute atomic E-state index is 12.5. The zero-order valence-corrected chi connectivity index (χ0v) is 18.3. The third-order valence-corrected chi connectivity index (χ3v) is 5.05. The average molecular weight is 438 g/mol. The van der Waals surface area contributed by atoms with Crippen LogP contribution in [-0.2, 0) is 4.74 Å². The lowest BCUT2D eigenvalue weighted by Crippen LogP contribution is -2.08. The first-order chi connectivity index (χ1) is 16.0. The van der Waals surface area contributed by atoms with Gasteiger partial charge in [-0.3, -0.25) is 0 Å². The lowest BCUT2D eigenvalue weighted by atomic mass is 10.0. The Balaban J connectivity index is 1.37. The summed E-state index contributed by atoms with van der Waals surface area (Å²) >= 11 is 0. The second-order valence-corrected chi connectivity index (χ2v) is 7.42. The Morgan fingerprint density at radius 3 is 1.45 bits per heavy atom. The number of rotatable bonds is 6. The highest BCUT2D eigenvalue weighted by molar-refractivity contribution is 5.91. The largest absolute Gasteiger partial charge is 0.465 e. The molecule has 0 fully saturated rings. The topological polar surface area (TPSA) is 61.8 Å². The van der Waals surface area contributed by atoms with Crippen molar-refractivity contribution >= 4 is 11.9 Å². The van der Waals surface area contributed by atoms with Crippen molar-refractivity contribution in [3.05, 3.63) is 114 Å². The first kappa shape index (κ1) is 21.8. The molecular weight excluding hydrogens is 416 g/mol. The summed E-state index contributed by atoms with van der Waals surface area (Å²) in [5, 5.41) is 0. The molecule has 0 unspecified atom stereocenters. The van der Waals surface area contributed by atoms with E-state index in [9.17, 15) is 9.59 Å². The van der Waals surface area contributed by atoms with Crippen molar-refractivity contribution in [1.29, 1.82) is 0 Å². The van der Waals surface area contributed by atoms with Gasteiger partial charge in [0.05, 0.1) is 18.2 Å². The zero-order valence-electron chi connectivity index (χ0n) is 18.3. The van der Waals surface area contributed by atoms with E-state index in [1.807, 2.05) is 12.1 Å². The van der Waals surface area contributed by atoms with Crippen LogP contribution in [0.3, 0.4) is 0 Å². The second kappa shape index (κ2) is 9.83. The van der Waals surface area contributed by atoms with Crippen LogP contribution < -0.4 is 9.47 Å². The van der Waals surface area contributed by atoms with Gasteiger partial charge in [0.1, 0.15) is 17.2 Å². The van der Waals surface area contributed by atoms with Crippen LogP contribution in [-0.4, -0.2) is 19.0 Å². The molecule has 5 nitrogen and oxygen atoms in total. The quantitative estimate of drug-likeness (QED) is 0.255. The summed E-state index contributed by atoms with van der Waals surface area (Å²) in [6.07, 6.45) is 0. The van der Waals surface area contributed by atoms with Gasteiger partial charge >= 0.3 is 11.9 Å². The highest BCUT2D eigenvalue weighted by Crippen LogP contribution is 2.25. The van der Waals surface area contributed by atoms with Crippen LogP contribution >= 0.6 is 0 Å². The van der Waals surface area contributed by atoms with E-state index in [1.165, 1.54) is 12.7 Å². The molecule has 0 heterocycles. The van der Waals surface area contributed by atoms with Gasteiger partial charge in [-0.15, -0.1) is 0 Å². The van der Waals surface area contributed by atoms with Gasteiger partial charge < -0.3 is 14.2 Å². The van der Waals surface area contributed by atoms with Gasteiger partial charge in [0, 0.05) is 0 Å². The zero-order chi connectivity index (χ0) is 23.2. The minimum atomic E-state index is -0.452. The van der Waals surface area contributed by atoms with Crippen molar-refractivity contribution in [3.8, 4) is 28.4 Å². The lowest BCUT2D eigenvalue weighted by Gasteiger charge is -2.08. The van der Waals surface area contributed by atoms with Crippen LogP contribution in [0.5, 0.6) is 17.2 Å². The molecule has 33 heavy (non-hydrogen) atoms. The van der Waals surface area contributed by atoms with Crippen LogP contribution in [0, 0.1) is 6.92 Å². The lowest BCUT2D eigenvalue weighted by molar-refractivity contribution is 0.0600. The molecule has 0 aliphatic carbocycles. The van der Waals surface area contributed by atoms with Gasteiger partial charge in [0.2, 0.25) is 0 Å². The molecule has 0 aliphatic rings. The third-order valence-electron chi connectivity index (χ3n) is 5.05. The molecule has 4 aromatic rings. The molecule has 0 aliphatic heterocycles. The predicted molar refractivity (Wildman–Crippen MR) is 126 cm³/mol. The highest BCUT2D eigenvalue weighted by atomic mass is 16.5. The van der Waals surface area contributed by atoms with Gasteiger partial charge in [0.15, 0.2) is 0 Å². The molecule has 0 bridgehead atoms. The fraction of sp³-hybridized carbons (Fsp3) is 0.0714. The van der Waals surface area contributed by atoms with Crippen LogP contribution in [0.4, 0.5) is 0 Å². The Morgan fingerprint density at radius 1 is 0.545 bits per heavy atom. The predicted octanol–water partition coefficient (Wildman–Crippen LogP) is 6.46. The standard InChI is InChI=1S/C28H22O5/c1-19-3-5-20(6-4-19)21-7-13-26(14-8-21)33-28(30)23-11-17-25(18-12-23)32-24-15-9-22(10-16-24)27(29)31-2/h3-18H,1-2H3. The van der Waals surface area contributed by atoms with Crippen molar-refractivity contribution in [1.82, 2.24) is 0 Å². The van der Waals surface area contributed by atoms with Gasteiger partial charge in [0.25, 0.3) is 0 Å². The monoisotopic (exact) mass is 438 g/mol. The molecule has 0 amide bonds. The first-order valence-electron chi connectivity index (χ1n) is 10.4. The number of benzene rings is 4. The Morgan fingerprint density at radius 2 is 0.970 bits per heavy atom. The number of hydrogen-bond donors (Lipinski definition) is 0. The van der Waals surface area contributed by atoms with Crippen molar-refractivity contribution in [2.75, 3.05) is 7.11 Å². The smallest absolute Gasteiger partial charge is 0.343 e. The molecule has 0 spiro atoms. The minimum Gasteiger partial charge on any atom is -0.465 e. The summed E-state index contributed by atoms with van der Waals surface area (Å²) in [7, 11) is 1.33. The van der Waals surface area contributed by atoms with E-state index < -0.39 is 11.9 Å². The number of carbonyl (C=O) groups is 2.